The number of fused-ring (bicyclic) bond motifs is 7. The first-order valence-electron chi connectivity index (χ1n) is 13.2. The zero-order valence-electron chi connectivity index (χ0n) is 20.0. The van der Waals surface area contributed by atoms with E-state index in [1.807, 2.05) is 0 Å². The van der Waals surface area contributed by atoms with Crippen LogP contribution in [0, 0.1) is 0 Å². The van der Waals surface area contributed by atoms with Crippen LogP contribution in [0.1, 0.15) is 41.9 Å². The van der Waals surface area contributed by atoms with Crippen molar-refractivity contribution in [3.63, 3.8) is 0 Å². The summed E-state index contributed by atoms with van der Waals surface area (Å²) in [6.07, 6.45) is 3.83. The molecule has 2 atom stereocenters. The number of para-hydroxylation sites is 1. The molecule has 9 rings (SSSR count). The zero-order valence-corrected chi connectivity index (χ0v) is 20.0. The second-order valence-corrected chi connectivity index (χ2v) is 10.9. The number of aromatic nitrogens is 1. The predicted octanol–water partition coefficient (Wildman–Crippen LogP) is 9.00. The standard InChI is InChI=1S/C35H25N/c1-3-9-22(10-4-1)24-15-16-30-27(19-24)28-20-26(23-11-5-2-6-12-23)32-25-17-18-35(21-25)29-13-7-8-14-31(29)36(30)34(28)33(32)35/h1-16,19-20,25H,17-18,21H2. The average Bonchev–Trinajstić information content (AvgIpc) is 3.63. The second kappa shape index (κ2) is 6.56. The molecule has 0 saturated heterocycles. The molecule has 2 bridgehead atoms. The lowest BCUT2D eigenvalue weighted by Crippen LogP contribution is -2.29. The Bertz CT molecular complexity index is 1860. The Kier molecular flexibility index (Phi) is 3.49. The van der Waals surface area contributed by atoms with E-state index in [-0.39, 0.29) is 5.41 Å². The van der Waals surface area contributed by atoms with Crippen molar-refractivity contribution >= 4 is 21.8 Å². The molecule has 0 amide bonds. The summed E-state index contributed by atoms with van der Waals surface area (Å²) >= 11 is 0. The fourth-order valence-electron chi connectivity index (χ4n) is 7.99. The van der Waals surface area contributed by atoms with Crippen LogP contribution in [0.2, 0.25) is 0 Å². The number of hydrogen-bond acceptors (Lipinski definition) is 0. The zero-order chi connectivity index (χ0) is 23.4. The lowest BCUT2D eigenvalue weighted by molar-refractivity contribution is 0.543. The van der Waals surface area contributed by atoms with Crippen LogP contribution in [-0.2, 0) is 5.41 Å². The summed E-state index contributed by atoms with van der Waals surface area (Å²) in [6, 6.07) is 40.8. The Morgan fingerprint density at radius 2 is 1.42 bits per heavy atom. The average molecular weight is 460 g/mol. The van der Waals surface area contributed by atoms with Crippen LogP contribution in [0.5, 0.6) is 0 Å². The molecule has 5 aromatic carbocycles. The molecule has 3 aliphatic rings. The van der Waals surface area contributed by atoms with Gasteiger partial charge in [-0.25, -0.2) is 0 Å². The minimum atomic E-state index is 0.159. The molecular weight excluding hydrogens is 434 g/mol. The summed E-state index contributed by atoms with van der Waals surface area (Å²) in [5, 5.41) is 2.77. The molecular formula is C35H25N. The molecule has 2 unspecified atom stereocenters. The third-order valence-electron chi connectivity index (χ3n) is 9.35. The van der Waals surface area contributed by atoms with Crippen LogP contribution in [-0.4, -0.2) is 4.57 Å². The highest BCUT2D eigenvalue weighted by atomic mass is 15.0. The molecule has 170 valence electrons. The second-order valence-electron chi connectivity index (χ2n) is 10.9. The number of rotatable bonds is 2. The van der Waals surface area contributed by atoms with Gasteiger partial charge in [-0.3, -0.25) is 0 Å². The van der Waals surface area contributed by atoms with Gasteiger partial charge in [0.05, 0.1) is 16.7 Å². The van der Waals surface area contributed by atoms with Gasteiger partial charge in [-0.2, -0.15) is 0 Å². The Labute approximate surface area is 210 Å². The number of hydrogen-bond donors (Lipinski definition) is 0. The van der Waals surface area contributed by atoms with Gasteiger partial charge in [0, 0.05) is 16.2 Å². The molecule has 1 saturated carbocycles. The molecule has 1 aliphatic heterocycles. The van der Waals surface area contributed by atoms with Crippen LogP contribution in [0.25, 0.3) is 49.7 Å². The smallest absolute Gasteiger partial charge is 0.0585 e. The van der Waals surface area contributed by atoms with Gasteiger partial charge in [-0.05, 0) is 88.4 Å². The van der Waals surface area contributed by atoms with Crippen molar-refractivity contribution in [3.8, 4) is 27.9 Å². The summed E-state index contributed by atoms with van der Waals surface area (Å²) in [7, 11) is 0. The van der Waals surface area contributed by atoms with E-state index in [1.165, 1.54) is 74.6 Å². The van der Waals surface area contributed by atoms with Crippen molar-refractivity contribution in [2.75, 3.05) is 0 Å². The van der Waals surface area contributed by atoms with Gasteiger partial charge >= 0.3 is 0 Å². The molecule has 6 aromatic rings. The Morgan fingerprint density at radius 3 is 2.25 bits per heavy atom. The van der Waals surface area contributed by atoms with E-state index in [1.54, 1.807) is 11.1 Å². The third kappa shape index (κ3) is 2.19. The predicted molar refractivity (Wildman–Crippen MR) is 149 cm³/mol. The largest absolute Gasteiger partial charge is 0.309 e. The van der Waals surface area contributed by atoms with E-state index in [2.05, 4.69) is 114 Å². The fraction of sp³-hybridized carbons (Fsp3) is 0.143. The summed E-state index contributed by atoms with van der Waals surface area (Å²) < 4.78 is 2.59. The lowest BCUT2D eigenvalue weighted by Gasteiger charge is -2.37. The maximum Gasteiger partial charge on any atom is 0.0585 e. The minimum absolute atomic E-state index is 0.159. The molecule has 1 spiro atoms. The van der Waals surface area contributed by atoms with Gasteiger partial charge in [0.25, 0.3) is 0 Å². The van der Waals surface area contributed by atoms with Crippen LogP contribution in [0.4, 0.5) is 0 Å². The van der Waals surface area contributed by atoms with Gasteiger partial charge in [0.2, 0.25) is 0 Å². The van der Waals surface area contributed by atoms with E-state index in [0.29, 0.717) is 5.92 Å². The SMILES string of the molecule is c1ccc(-c2ccc3c(c2)c2cc(-c4ccccc4)c4c5c2n3-c2ccccc2C52CCC4C2)cc1. The van der Waals surface area contributed by atoms with Crippen molar-refractivity contribution in [1.82, 2.24) is 4.57 Å². The number of benzene rings is 5. The van der Waals surface area contributed by atoms with Gasteiger partial charge in [-0.1, -0.05) is 84.9 Å². The molecule has 1 aromatic heterocycles. The normalized spacial score (nSPS) is 20.8. The summed E-state index contributed by atoms with van der Waals surface area (Å²) in [5.74, 6) is 0.650. The first-order valence-corrected chi connectivity index (χ1v) is 13.2. The van der Waals surface area contributed by atoms with E-state index >= 15 is 0 Å². The summed E-state index contributed by atoms with van der Waals surface area (Å²) in [5.41, 5.74) is 14.5. The van der Waals surface area contributed by atoms with Crippen LogP contribution in [0.3, 0.4) is 0 Å². The van der Waals surface area contributed by atoms with Crippen LogP contribution in [0.15, 0.2) is 109 Å². The highest BCUT2D eigenvalue weighted by Gasteiger charge is 2.55. The van der Waals surface area contributed by atoms with Gasteiger partial charge in [0.1, 0.15) is 0 Å². The molecule has 0 radical (unpaired) electrons. The molecule has 1 nitrogen and oxygen atoms in total. The minimum Gasteiger partial charge on any atom is -0.309 e. The summed E-state index contributed by atoms with van der Waals surface area (Å²) in [6.45, 7) is 0. The highest BCUT2D eigenvalue weighted by molar-refractivity contribution is 6.15. The van der Waals surface area contributed by atoms with Crippen molar-refractivity contribution in [3.05, 3.63) is 126 Å². The molecule has 36 heavy (non-hydrogen) atoms. The van der Waals surface area contributed by atoms with Crippen molar-refractivity contribution in [1.29, 1.82) is 0 Å². The third-order valence-corrected chi connectivity index (χ3v) is 9.35. The molecule has 2 heterocycles. The van der Waals surface area contributed by atoms with Crippen molar-refractivity contribution in [2.24, 2.45) is 0 Å². The highest BCUT2D eigenvalue weighted by Crippen LogP contribution is 2.66. The van der Waals surface area contributed by atoms with E-state index in [0.717, 1.165) is 0 Å². The monoisotopic (exact) mass is 459 g/mol. The lowest BCUT2D eigenvalue weighted by atomic mass is 9.70. The van der Waals surface area contributed by atoms with Gasteiger partial charge in [0.15, 0.2) is 0 Å². The first-order chi connectivity index (χ1) is 17.8. The maximum atomic E-state index is 2.59. The van der Waals surface area contributed by atoms with Crippen LogP contribution < -0.4 is 0 Å². The Balaban J connectivity index is 1.49. The van der Waals surface area contributed by atoms with Gasteiger partial charge in [-0.15, -0.1) is 0 Å². The maximum absolute atomic E-state index is 2.59. The summed E-state index contributed by atoms with van der Waals surface area (Å²) in [4.78, 5) is 0. The first kappa shape index (κ1) is 19.1. The molecule has 0 N–H and O–H groups in total. The molecule has 1 heteroatoms. The quantitative estimate of drug-likeness (QED) is 0.243. The molecule has 2 aliphatic carbocycles. The van der Waals surface area contributed by atoms with Crippen LogP contribution >= 0.6 is 0 Å². The van der Waals surface area contributed by atoms with Crippen molar-refractivity contribution < 1.29 is 0 Å². The van der Waals surface area contributed by atoms with E-state index in [9.17, 15) is 0 Å². The number of nitrogens with zero attached hydrogens (tertiary/aromatic N) is 1. The van der Waals surface area contributed by atoms with Crippen molar-refractivity contribution in [2.45, 2.75) is 30.6 Å². The fourth-order valence-corrected chi connectivity index (χ4v) is 7.99. The Morgan fingerprint density at radius 1 is 0.667 bits per heavy atom. The molecule has 1 fully saturated rings. The topological polar surface area (TPSA) is 4.93 Å². The van der Waals surface area contributed by atoms with E-state index < -0.39 is 0 Å². The Hall–Kier alpha value is -4.10. The van der Waals surface area contributed by atoms with Gasteiger partial charge < -0.3 is 4.57 Å². The van der Waals surface area contributed by atoms with E-state index in [4.69, 9.17) is 0 Å².